The number of carbonyl (C=O) groups is 4. The molecule has 1 aromatic carbocycles. The Balaban J connectivity index is 2.22. The van der Waals surface area contributed by atoms with Crippen LogP contribution in [0.2, 0.25) is 0 Å². The van der Waals surface area contributed by atoms with E-state index in [9.17, 15) is 19.2 Å². The second kappa shape index (κ2) is 5.61. The van der Waals surface area contributed by atoms with Crippen molar-refractivity contribution in [2.24, 2.45) is 5.73 Å². The number of nitrogen functional groups attached to an aromatic ring is 1. The molecule has 1 atom stereocenters. The predicted octanol–water partition coefficient (Wildman–Crippen LogP) is -1.10. The molecule has 0 spiro atoms. The fourth-order valence-electron chi connectivity index (χ4n) is 2.10. The largest absolute Gasteiger partial charge is 0.398 e. The molecule has 21 heavy (non-hydrogen) atoms. The van der Waals surface area contributed by atoms with E-state index in [4.69, 9.17) is 11.5 Å². The molecular formula is C13H14N4O4. The van der Waals surface area contributed by atoms with Gasteiger partial charge in [-0.25, -0.2) is 0 Å². The summed E-state index contributed by atoms with van der Waals surface area (Å²) in [7, 11) is 0. The Hall–Kier alpha value is -2.90. The highest BCUT2D eigenvalue weighted by molar-refractivity contribution is 6.11. The van der Waals surface area contributed by atoms with Crippen LogP contribution >= 0.6 is 0 Å². The highest BCUT2D eigenvalue weighted by Crippen LogP contribution is 2.17. The summed E-state index contributed by atoms with van der Waals surface area (Å²) in [6.45, 7) is 0. The summed E-state index contributed by atoms with van der Waals surface area (Å²) in [5, 5.41) is 4.59. The van der Waals surface area contributed by atoms with Gasteiger partial charge in [-0.05, 0) is 18.6 Å². The topological polar surface area (TPSA) is 144 Å². The maximum absolute atomic E-state index is 12.2. The fraction of sp³-hybridized carbons (Fsp3) is 0.231. The van der Waals surface area contributed by atoms with Gasteiger partial charge in [-0.2, -0.15) is 0 Å². The molecule has 1 unspecified atom stereocenters. The summed E-state index contributed by atoms with van der Waals surface area (Å²) in [5.41, 5.74) is 10.8. The summed E-state index contributed by atoms with van der Waals surface area (Å²) in [6, 6.07) is 3.50. The lowest BCUT2D eigenvalue weighted by Crippen LogP contribution is -2.52. The number of carbonyl (C=O) groups excluding carboxylic acids is 4. The molecule has 1 aliphatic rings. The average molecular weight is 290 g/mol. The Kier molecular flexibility index (Phi) is 3.88. The molecule has 0 saturated carbocycles. The van der Waals surface area contributed by atoms with E-state index in [1.807, 2.05) is 0 Å². The number of hydrogen-bond acceptors (Lipinski definition) is 5. The van der Waals surface area contributed by atoms with Crippen LogP contribution in [0.3, 0.4) is 0 Å². The van der Waals surface area contributed by atoms with E-state index in [0.717, 1.165) is 0 Å². The van der Waals surface area contributed by atoms with Crippen molar-refractivity contribution in [2.75, 3.05) is 5.73 Å². The molecule has 0 aliphatic carbocycles. The van der Waals surface area contributed by atoms with Gasteiger partial charge in [-0.1, -0.05) is 6.07 Å². The molecule has 1 aliphatic heterocycles. The Bertz CT molecular complexity index is 641. The number of piperidine rings is 1. The third-order valence-corrected chi connectivity index (χ3v) is 3.13. The maximum atomic E-state index is 12.2. The predicted molar refractivity (Wildman–Crippen MR) is 73.0 cm³/mol. The number of nitrogens with one attached hydrogen (secondary N) is 2. The van der Waals surface area contributed by atoms with Crippen LogP contribution in [0.25, 0.3) is 0 Å². The summed E-state index contributed by atoms with van der Waals surface area (Å²) in [6.07, 6.45) is 0.334. The zero-order valence-electron chi connectivity index (χ0n) is 11.0. The summed E-state index contributed by atoms with van der Waals surface area (Å²) < 4.78 is 0. The van der Waals surface area contributed by atoms with Gasteiger partial charge in [0, 0.05) is 12.1 Å². The van der Waals surface area contributed by atoms with Crippen molar-refractivity contribution >= 4 is 29.3 Å². The molecule has 8 heteroatoms. The van der Waals surface area contributed by atoms with E-state index in [2.05, 4.69) is 10.6 Å². The van der Waals surface area contributed by atoms with Gasteiger partial charge in [0.1, 0.15) is 6.04 Å². The maximum Gasteiger partial charge on any atom is 0.252 e. The Morgan fingerprint density at radius 2 is 2.00 bits per heavy atom. The number of benzene rings is 1. The van der Waals surface area contributed by atoms with Crippen LogP contribution in [-0.2, 0) is 9.59 Å². The van der Waals surface area contributed by atoms with E-state index in [0.29, 0.717) is 0 Å². The molecule has 4 amide bonds. The molecule has 1 aromatic rings. The van der Waals surface area contributed by atoms with Crippen LogP contribution < -0.4 is 22.1 Å². The minimum atomic E-state index is -0.836. The standard InChI is InChI=1S/C13H14N4O4/c14-7-3-1-2-6(10(7)11(15)19)12(20)16-8-4-5-9(18)17-13(8)21/h1-3,8H,4-5,14H2,(H2,15,19)(H,16,20)(H,17,18,21). The number of primary amides is 1. The van der Waals surface area contributed by atoms with Crippen LogP contribution in [0, 0.1) is 0 Å². The number of rotatable bonds is 3. The second-order valence-electron chi connectivity index (χ2n) is 4.61. The molecule has 1 saturated heterocycles. The minimum Gasteiger partial charge on any atom is -0.398 e. The van der Waals surface area contributed by atoms with Crippen molar-refractivity contribution in [2.45, 2.75) is 18.9 Å². The van der Waals surface area contributed by atoms with Gasteiger partial charge in [0.25, 0.3) is 11.8 Å². The van der Waals surface area contributed by atoms with E-state index in [1.54, 1.807) is 0 Å². The van der Waals surface area contributed by atoms with Crippen LogP contribution in [-0.4, -0.2) is 29.7 Å². The van der Waals surface area contributed by atoms with Crippen molar-refractivity contribution in [3.8, 4) is 0 Å². The van der Waals surface area contributed by atoms with Gasteiger partial charge in [-0.3, -0.25) is 24.5 Å². The first-order chi connectivity index (χ1) is 9.90. The number of imide groups is 1. The molecule has 2 rings (SSSR count). The first kappa shape index (κ1) is 14.5. The zero-order valence-corrected chi connectivity index (χ0v) is 11.0. The van der Waals surface area contributed by atoms with Gasteiger partial charge >= 0.3 is 0 Å². The van der Waals surface area contributed by atoms with Crippen LogP contribution in [0.4, 0.5) is 5.69 Å². The molecule has 1 heterocycles. The van der Waals surface area contributed by atoms with Gasteiger partial charge in [0.2, 0.25) is 11.8 Å². The van der Waals surface area contributed by atoms with E-state index < -0.39 is 23.8 Å². The minimum absolute atomic E-state index is 0.00722. The van der Waals surface area contributed by atoms with Crippen molar-refractivity contribution in [3.63, 3.8) is 0 Å². The van der Waals surface area contributed by atoms with Gasteiger partial charge in [-0.15, -0.1) is 0 Å². The van der Waals surface area contributed by atoms with Crippen molar-refractivity contribution in [1.82, 2.24) is 10.6 Å². The Morgan fingerprint density at radius 3 is 2.62 bits per heavy atom. The van der Waals surface area contributed by atoms with Gasteiger partial charge < -0.3 is 16.8 Å². The van der Waals surface area contributed by atoms with Crippen LogP contribution in [0.15, 0.2) is 18.2 Å². The summed E-state index contributed by atoms with van der Waals surface area (Å²) in [5.74, 6) is -2.44. The zero-order chi connectivity index (χ0) is 15.6. The van der Waals surface area contributed by atoms with Crippen molar-refractivity contribution < 1.29 is 19.2 Å². The fourth-order valence-corrected chi connectivity index (χ4v) is 2.10. The van der Waals surface area contributed by atoms with E-state index >= 15 is 0 Å². The first-order valence-electron chi connectivity index (χ1n) is 6.23. The van der Waals surface area contributed by atoms with Crippen molar-refractivity contribution in [3.05, 3.63) is 29.3 Å². The monoisotopic (exact) mass is 290 g/mol. The highest BCUT2D eigenvalue weighted by Gasteiger charge is 2.29. The quantitative estimate of drug-likeness (QED) is 0.412. The lowest BCUT2D eigenvalue weighted by Gasteiger charge is -2.22. The first-order valence-corrected chi connectivity index (χ1v) is 6.23. The third-order valence-electron chi connectivity index (χ3n) is 3.13. The molecule has 6 N–H and O–H groups in total. The molecular weight excluding hydrogens is 276 g/mol. The molecule has 8 nitrogen and oxygen atoms in total. The average Bonchev–Trinajstić information content (AvgIpc) is 2.41. The summed E-state index contributed by atoms with van der Waals surface area (Å²) >= 11 is 0. The normalized spacial score (nSPS) is 18.0. The molecule has 0 aromatic heterocycles. The Morgan fingerprint density at radius 1 is 1.29 bits per heavy atom. The van der Waals surface area contributed by atoms with Gasteiger partial charge in [0.05, 0.1) is 11.1 Å². The van der Waals surface area contributed by atoms with E-state index in [-0.39, 0.29) is 35.6 Å². The number of anilines is 1. The smallest absolute Gasteiger partial charge is 0.252 e. The van der Waals surface area contributed by atoms with Gasteiger partial charge in [0.15, 0.2) is 0 Å². The van der Waals surface area contributed by atoms with Crippen molar-refractivity contribution in [1.29, 1.82) is 0 Å². The molecule has 110 valence electrons. The van der Waals surface area contributed by atoms with Crippen LogP contribution in [0.5, 0.6) is 0 Å². The summed E-state index contributed by atoms with van der Waals surface area (Å²) in [4.78, 5) is 46.2. The third kappa shape index (κ3) is 2.99. The van der Waals surface area contributed by atoms with Crippen LogP contribution in [0.1, 0.15) is 33.6 Å². The molecule has 1 fully saturated rings. The molecule has 0 bridgehead atoms. The lowest BCUT2D eigenvalue weighted by atomic mass is 10.0. The number of amides is 4. The Labute approximate surface area is 119 Å². The SMILES string of the molecule is NC(=O)c1c(N)cccc1C(=O)NC1CCC(=O)NC1=O. The highest BCUT2D eigenvalue weighted by atomic mass is 16.2. The van der Waals surface area contributed by atoms with E-state index in [1.165, 1.54) is 18.2 Å². The second-order valence-corrected chi connectivity index (χ2v) is 4.61. The number of nitrogens with two attached hydrogens (primary N) is 2. The molecule has 0 radical (unpaired) electrons. The lowest BCUT2D eigenvalue weighted by molar-refractivity contribution is -0.134. The number of hydrogen-bond donors (Lipinski definition) is 4.